The van der Waals surface area contributed by atoms with Gasteiger partial charge in [-0.3, -0.25) is 14.4 Å². The molecule has 0 radical (unpaired) electrons. The van der Waals surface area contributed by atoms with Crippen molar-refractivity contribution in [1.29, 1.82) is 0 Å². The minimum atomic E-state index is -0.787. The molecule has 0 saturated heterocycles. The average molecular weight is 921 g/mol. The topological polar surface area (TPSA) is 78.9 Å². The Morgan fingerprint density at radius 3 is 0.985 bits per heavy atom. The van der Waals surface area contributed by atoms with Crippen molar-refractivity contribution in [2.45, 2.75) is 277 Å². The van der Waals surface area contributed by atoms with Crippen molar-refractivity contribution in [3.63, 3.8) is 0 Å². The van der Waals surface area contributed by atoms with Crippen LogP contribution < -0.4 is 0 Å². The number of unbranched alkanes of at least 4 members (excludes halogenated alkanes) is 27. The molecule has 0 rings (SSSR count). The van der Waals surface area contributed by atoms with Crippen molar-refractivity contribution in [2.24, 2.45) is 0 Å². The number of hydrogen-bond donors (Lipinski definition) is 0. The van der Waals surface area contributed by atoms with Gasteiger partial charge in [0.15, 0.2) is 6.10 Å². The molecule has 0 aliphatic heterocycles. The summed E-state index contributed by atoms with van der Waals surface area (Å²) in [7, 11) is 0. The van der Waals surface area contributed by atoms with E-state index in [0.717, 1.165) is 96.3 Å². The molecule has 0 aliphatic carbocycles. The van der Waals surface area contributed by atoms with Gasteiger partial charge in [0.1, 0.15) is 13.2 Å². The van der Waals surface area contributed by atoms with Crippen LogP contribution in [-0.2, 0) is 28.6 Å². The number of allylic oxidation sites excluding steroid dienone is 12. The Bertz CT molecular complexity index is 1240. The van der Waals surface area contributed by atoms with E-state index in [-0.39, 0.29) is 31.1 Å². The van der Waals surface area contributed by atoms with E-state index in [1.54, 1.807) is 0 Å². The molecule has 0 aromatic carbocycles. The van der Waals surface area contributed by atoms with Crippen molar-refractivity contribution >= 4 is 17.9 Å². The summed E-state index contributed by atoms with van der Waals surface area (Å²) < 4.78 is 16.8. The van der Waals surface area contributed by atoms with Crippen LogP contribution in [-0.4, -0.2) is 37.2 Å². The quantitative estimate of drug-likeness (QED) is 0.0262. The van der Waals surface area contributed by atoms with Gasteiger partial charge >= 0.3 is 17.9 Å². The van der Waals surface area contributed by atoms with Gasteiger partial charge in [-0.25, -0.2) is 0 Å². The molecule has 66 heavy (non-hydrogen) atoms. The van der Waals surface area contributed by atoms with E-state index in [9.17, 15) is 14.4 Å². The van der Waals surface area contributed by atoms with Crippen LogP contribution in [0.2, 0.25) is 0 Å². The minimum absolute atomic E-state index is 0.0859. The monoisotopic (exact) mass is 921 g/mol. The van der Waals surface area contributed by atoms with Gasteiger partial charge in [-0.2, -0.15) is 0 Å². The van der Waals surface area contributed by atoms with Crippen LogP contribution in [0.3, 0.4) is 0 Å². The third-order valence-electron chi connectivity index (χ3n) is 11.9. The smallest absolute Gasteiger partial charge is 0.306 e. The Labute approximate surface area is 408 Å². The van der Waals surface area contributed by atoms with Crippen molar-refractivity contribution in [3.8, 4) is 0 Å². The summed E-state index contributed by atoms with van der Waals surface area (Å²) in [4.78, 5) is 38.1. The molecule has 6 heteroatoms. The normalized spacial score (nSPS) is 12.6. The maximum absolute atomic E-state index is 12.8. The Kier molecular flexibility index (Phi) is 51.9. The van der Waals surface area contributed by atoms with Crippen LogP contribution in [0.5, 0.6) is 0 Å². The molecule has 1 atom stereocenters. The molecule has 0 aliphatic rings. The largest absolute Gasteiger partial charge is 0.462 e. The summed E-state index contributed by atoms with van der Waals surface area (Å²) in [5, 5.41) is 0. The molecule has 0 spiro atoms. The van der Waals surface area contributed by atoms with Crippen LogP contribution >= 0.6 is 0 Å². The lowest BCUT2D eigenvalue weighted by Gasteiger charge is -2.18. The summed E-state index contributed by atoms with van der Waals surface area (Å²) in [6.07, 6.45) is 68.9. The van der Waals surface area contributed by atoms with Gasteiger partial charge in [-0.15, -0.1) is 0 Å². The predicted molar refractivity (Wildman–Crippen MR) is 284 cm³/mol. The summed E-state index contributed by atoms with van der Waals surface area (Å²) >= 11 is 0. The zero-order valence-electron chi connectivity index (χ0n) is 43.4. The molecular formula is C60H104O6. The third-order valence-corrected chi connectivity index (χ3v) is 11.9. The second kappa shape index (κ2) is 54.5. The summed E-state index contributed by atoms with van der Waals surface area (Å²) in [6.45, 7) is 6.48. The maximum Gasteiger partial charge on any atom is 0.306 e. The minimum Gasteiger partial charge on any atom is -0.462 e. The van der Waals surface area contributed by atoms with E-state index in [2.05, 4.69) is 93.7 Å². The van der Waals surface area contributed by atoms with Crippen LogP contribution in [0.1, 0.15) is 271 Å². The molecule has 6 nitrogen and oxygen atoms in total. The molecule has 0 saturated carbocycles. The molecule has 1 unspecified atom stereocenters. The zero-order chi connectivity index (χ0) is 47.9. The van der Waals surface area contributed by atoms with Gasteiger partial charge in [-0.1, -0.05) is 222 Å². The van der Waals surface area contributed by atoms with Crippen LogP contribution in [0.4, 0.5) is 0 Å². The Balaban J connectivity index is 4.37. The first-order valence-corrected chi connectivity index (χ1v) is 27.9. The van der Waals surface area contributed by atoms with Gasteiger partial charge in [0, 0.05) is 19.3 Å². The van der Waals surface area contributed by atoms with Crippen LogP contribution in [0.25, 0.3) is 0 Å². The summed E-state index contributed by atoms with van der Waals surface area (Å²) in [5.74, 6) is -0.908. The SMILES string of the molecule is CC/C=C\C/C=C\C/C=C\C/C=C\CCCCCCCCC(=O)OCC(COC(=O)CCCCCCC/C=C\CCCC)OC(=O)CCCCCCCCC/C=C\CCCCCCCCC. The van der Waals surface area contributed by atoms with Crippen molar-refractivity contribution < 1.29 is 28.6 Å². The molecule has 0 heterocycles. The summed E-state index contributed by atoms with van der Waals surface area (Å²) in [6, 6.07) is 0. The standard InChI is InChI=1S/C60H104O6/c1-4-7-10-13-16-19-22-24-26-28-30-32-33-35-38-41-44-47-50-53-59(62)65-56-57(55-64-58(61)52-49-46-43-40-37-21-18-15-12-9-6-3)66-60(63)54-51-48-45-42-39-36-34-31-29-27-25-23-20-17-14-11-8-5-2/h7,10,15-16,18-19,24,26-27,29-30,32,57H,4-6,8-9,11-14,17,20-23,25,28,31,33-56H2,1-3H3/b10-7-,18-15-,19-16-,26-24-,29-27-,32-30-. The molecule has 0 aromatic rings. The van der Waals surface area contributed by atoms with E-state index < -0.39 is 6.10 Å². The van der Waals surface area contributed by atoms with Gasteiger partial charge in [0.05, 0.1) is 0 Å². The number of esters is 3. The highest BCUT2D eigenvalue weighted by Crippen LogP contribution is 2.15. The highest BCUT2D eigenvalue weighted by atomic mass is 16.6. The summed E-state index contributed by atoms with van der Waals surface area (Å²) in [5.41, 5.74) is 0. The average Bonchev–Trinajstić information content (AvgIpc) is 3.31. The Morgan fingerprint density at radius 1 is 0.318 bits per heavy atom. The second-order valence-corrected chi connectivity index (χ2v) is 18.5. The Morgan fingerprint density at radius 2 is 0.606 bits per heavy atom. The van der Waals surface area contributed by atoms with Gasteiger partial charge in [-0.05, 0) is 103 Å². The molecule has 0 aromatic heterocycles. The van der Waals surface area contributed by atoms with Crippen molar-refractivity contribution in [2.75, 3.05) is 13.2 Å². The number of carbonyl (C=O) groups excluding carboxylic acids is 3. The fourth-order valence-corrected chi connectivity index (χ4v) is 7.70. The van der Waals surface area contributed by atoms with E-state index in [1.165, 1.54) is 135 Å². The fourth-order valence-electron chi connectivity index (χ4n) is 7.70. The highest BCUT2D eigenvalue weighted by Gasteiger charge is 2.19. The third kappa shape index (κ3) is 51.8. The molecule has 380 valence electrons. The van der Waals surface area contributed by atoms with Gasteiger partial charge in [0.25, 0.3) is 0 Å². The molecular weight excluding hydrogens is 817 g/mol. The maximum atomic E-state index is 12.8. The van der Waals surface area contributed by atoms with Crippen molar-refractivity contribution in [1.82, 2.24) is 0 Å². The first-order chi connectivity index (χ1) is 32.5. The van der Waals surface area contributed by atoms with E-state index in [1.807, 2.05) is 0 Å². The van der Waals surface area contributed by atoms with E-state index >= 15 is 0 Å². The molecule has 0 fully saturated rings. The van der Waals surface area contributed by atoms with Gasteiger partial charge < -0.3 is 14.2 Å². The van der Waals surface area contributed by atoms with E-state index in [4.69, 9.17) is 14.2 Å². The molecule has 0 N–H and O–H groups in total. The number of rotatable bonds is 50. The number of carbonyl (C=O) groups is 3. The van der Waals surface area contributed by atoms with Crippen LogP contribution in [0.15, 0.2) is 72.9 Å². The lowest BCUT2D eigenvalue weighted by Crippen LogP contribution is -2.30. The first kappa shape index (κ1) is 62.8. The second-order valence-electron chi connectivity index (χ2n) is 18.5. The fraction of sp³-hybridized carbons (Fsp3) is 0.750. The number of hydrogen-bond acceptors (Lipinski definition) is 6. The Hall–Kier alpha value is -3.15. The lowest BCUT2D eigenvalue weighted by atomic mass is 10.1. The van der Waals surface area contributed by atoms with Crippen LogP contribution in [0, 0.1) is 0 Å². The predicted octanol–water partition coefficient (Wildman–Crippen LogP) is 18.6. The van der Waals surface area contributed by atoms with Crippen molar-refractivity contribution in [3.05, 3.63) is 72.9 Å². The van der Waals surface area contributed by atoms with E-state index in [0.29, 0.717) is 19.3 Å². The first-order valence-electron chi connectivity index (χ1n) is 27.9. The zero-order valence-corrected chi connectivity index (χ0v) is 43.4. The number of ether oxygens (including phenoxy) is 3. The highest BCUT2D eigenvalue weighted by molar-refractivity contribution is 5.71. The lowest BCUT2D eigenvalue weighted by molar-refractivity contribution is -0.167. The van der Waals surface area contributed by atoms with Gasteiger partial charge in [0.2, 0.25) is 0 Å². The molecule has 0 bridgehead atoms. The molecule has 0 amide bonds.